The van der Waals surface area contributed by atoms with Gasteiger partial charge in [0.1, 0.15) is 23.3 Å². The van der Waals surface area contributed by atoms with E-state index in [9.17, 15) is 4.39 Å². The van der Waals surface area contributed by atoms with Gasteiger partial charge in [-0.1, -0.05) is 17.7 Å². The fourth-order valence-electron chi connectivity index (χ4n) is 1.77. The summed E-state index contributed by atoms with van der Waals surface area (Å²) in [7, 11) is 0. The Bertz CT molecular complexity index is 642. The lowest BCUT2D eigenvalue weighted by Gasteiger charge is -2.10. The van der Waals surface area contributed by atoms with Crippen LogP contribution >= 0.6 is 11.6 Å². The van der Waals surface area contributed by atoms with Crippen LogP contribution in [0.2, 0.25) is 5.02 Å². The Balaban J connectivity index is 2.84. The number of aromatic nitrogens is 1. The summed E-state index contributed by atoms with van der Waals surface area (Å²) in [6.07, 6.45) is 0. The molecular weight excluding hydrogens is 253 g/mol. The number of halogens is 2. The quantitative estimate of drug-likeness (QED) is 0.857. The summed E-state index contributed by atoms with van der Waals surface area (Å²) in [5.41, 5.74) is 6.94. The second kappa shape index (κ2) is 4.63. The maximum Gasteiger partial charge on any atom is 0.142 e. The molecule has 0 atom stereocenters. The Hall–Kier alpha value is -2.12. The van der Waals surface area contributed by atoms with E-state index in [0.717, 1.165) is 0 Å². The third-order valence-corrected chi connectivity index (χ3v) is 2.83. The maximum atomic E-state index is 13.9. The molecule has 3 nitrogen and oxygen atoms in total. The van der Waals surface area contributed by atoms with Gasteiger partial charge < -0.3 is 5.73 Å². The molecule has 0 amide bonds. The van der Waals surface area contributed by atoms with Crippen molar-refractivity contribution in [2.24, 2.45) is 0 Å². The van der Waals surface area contributed by atoms with Crippen molar-refractivity contribution in [3.63, 3.8) is 0 Å². The molecule has 5 heteroatoms. The summed E-state index contributed by atoms with van der Waals surface area (Å²) in [5.74, 6) is -0.421. The van der Waals surface area contributed by atoms with Gasteiger partial charge in [-0.2, -0.15) is 5.26 Å². The molecule has 0 aliphatic rings. The molecule has 2 aromatic rings. The molecule has 0 saturated carbocycles. The molecule has 1 aromatic carbocycles. The van der Waals surface area contributed by atoms with Crippen molar-refractivity contribution < 1.29 is 4.39 Å². The Morgan fingerprint density at radius 1 is 1.44 bits per heavy atom. The number of anilines is 1. The van der Waals surface area contributed by atoms with Crippen molar-refractivity contribution in [2.45, 2.75) is 6.92 Å². The van der Waals surface area contributed by atoms with Crippen LogP contribution in [0.15, 0.2) is 24.3 Å². The number of nitriles is 1. The van der Waals surface area contributed by atoms with Gasteiger partial charge >= 0.3 is 0 Å². The van der Waals surface area contributed by atoms with E-state index in [-0.39, 0.29) is 22.0 Å². The Morgan fingerprint density at radius 2 is 2.17 bits per heavy atom. The predicted octanol–water partition coefficient (Wildman–Crippen LogP) is 3.30. The zero-order chi connectivity index (χ0) is 13.3. The highest BCUT2D eigenvalue weighted by Crippen LogP contribution is 2.34. The monoisotopic (exact) mass is 261 g/mol. The number of nitrogens with zero attached hydrogens (tertiary/aromatic N) is 2. The molecule has 18 heavy (non-hydrogen) atoms. The fourth-order valence-corrected chi connectivity index (χ4v) is 2.03. The number of rotatable bonds is 1. The zero-order valence-electron chi connectivity index (χ0n) is 9.54. The van der Waals surface area contributed by atoms with E-state index < -0.39 is 5.82 Å². The van der Waals surface area contributed by atoms with Gasteiger partial charge in [0.25, 0.3) is 0 Å². The Morgan fingerprint density at radius 3 is 2.78 bits per heavy atom. The lowest BCUT2D eigenvalue weighted by atomic mass is 10.00. The number of nitrogen functional groups attached to an aromatic ring is 1. The van der Waals surface area contributed by atoms with Crippen LogP contribution in [0.4, 0.5) is 10.2 Å². The SMILES string of the molecule is Cc1cc(-c2c(F)cccc2Cl)c(C#N)c(N)n1. The molecule has 0 unspecified atom stereocenters. The van der Waals surface area contributed by atoms with E-state index in [2.05, 4.69) is 4.98 Å². The van der Waals surface area contributed by atoms with Crippen LogP contribution in [0.25, 0.3) is 11.1 Å². The minimum atomic E-state index is -0.496. The molecule has 0 fully saturated rings. The van der Waals surface area contributed by atoms with Gasteiger partial charge in [-0.3, -0.25) is 0 Å². The molecule has 0 bridgehead atoms. The third-order valence-electron chi connectivity index (χ3n) is 2.52. The highest BCUT2D eigenvalue weighted by atomic mass is 35.5. The number of benzene rings is 1. The minimum Gasteiger partial charge on any atom is -0.383 e. The van der Waals surface area contributed by atoms with Gasteiger partial charge in [-0.05, 0) is 25.1 Å². The smallest absolute Gasteiger partial charge is 0.142 e. The third kappa shape index (κ3) is 2.01. The normalized spacial score (nSPS) is 10.1. The summed E-state index contributed by atoms with van der Waals surface area (Å²) in [6, 6.07) is 7.88. The molecule has 0 radical (unpaired) electrons. The van der Waals surface area contributed by atoms with Crippen LogP contribution in [-0.4, -0.2) is 4.98 Å². The van der Waals surface area contributed by atoms with Gasteiger partial charge in [0, 0.05) is 16.8 Å². The van der Waals surface area contributed by atoms with Gasteiger partial charge in [0.15, 0.2) is 0 Å². The lowest BCUT2D eigenvalue weighted by Crippen LogP contribution is -2.00. The Kier molecular flexibility index (Phi) is 3.17. The lowest BCUT2D eigenvalue weighted by molar-refractivity contribution is 0.631. The van der Waals surface area contributed by atoms with E-state index in [1.165, 1.54) is 12.1 Å². The highest BCUT2D eigenvalue weighted by Gasteiger charge is 2.16. The first-order valence-electron chi connectivity index (χ1n) is 5.16. The number of hydrogen-bond donors (Lipinski definition) is 1. The largest absolute Gasteiger partial charge is 0.383 e. The van der Waals surface area contributed by atoms with Crippen LogP contribution in [-0.2, 0) is 0 Å². The van der Waals surface area contributed by atoms with Crippen molar-refractivity contribution in [3.8, 4) is 17.2 Å². The van der Waals surface area contributed by atoms with E-state index in [1.54, 1.807) is 19.1 Å². The van der Waals surface area contributed by atoms with Crippen LogP contribution < -0.4 is 5.73 Å². The van der Waals surface area contributed by atoms with Crippen LogP contribution in [0.1, 0.15) is 11.3 Å². The van der Waals surface area contributed by atoms with Crippen molar-refractivity contribution >= 4 is 17.4 Å². The van der Waals surface area contributed by atoms with Crippen molar-refractivity contribution in [3.05, 3.63) is 46.4 Å². The number of nitrogens with two attached hydrogens (primary N) is 1. The number of hydrogen-bond acceptors (Lipinski definition) is 3. The maximum absolute atomic E-state index is 13.9. The summed E-state index contributed by atoms with van der Waals surface area (Å²) in [4.78, 5) is 3.98. The molecule has 0 aliphatic carbocycles. The van der Waals surface area contributed by atoms with Gasteiger partial charge in [-0.25, -0.2) is 9.37 Å². The summed E-state index contributed by atoms with van der Waals surface area (Å²) in [6.45, 7) is 1.72. The summed E-state index contributed by atoms with van der Waals surface area (Å²) in [5, 5.41) is 9.33. The fraction of sp³-hybridized carbons (Fsp3) is 0.0769. The average Bonchev–Trinajstić information content (AvgIpc) is 2.28. The van der Waals surface area contributed by atoms with E-state index in [4.69, 9.17) is 22.6 Å². The van der Waals surface area contributed by atoms with Crippen LogP contribution in [0.3, 0.4) is 0 Å². The molecule has 2 N–H and O–H groups in total. The van der Waals surface area contributed by atoms with Crippen LogP contribution in [0, 0.1) is 24.1 Å². The van der Waals surface area contributed by atoms with Crippen molar-refractivity contribution in [1.29, 1.82) is 5.26 Å². The first kappa shape index (κ1) is 12.3. The first-order chi connectivity index (χ1) is 8.54. The van der Waals surface area contributed by atoms with E-state index in [1.807, 2.05) is 6.07 Å². The van der Waals surface area contributed by atoms with Crippen molar-refractivity contribution in [1.82, 2.24) is 4.98 Å². The molecule has 90 valence electrons. The highest BCUT2D eigenvalue weighted by molar-refractivity contribution is 6.33. The van der Waals surface area contributed by atoms with E-state index >= 15 is 0 Å². The summed E-state index contributed by atoms with van der Waals surface area (Å²) < 4.78 is 13.9. The minimum absolute atomic E-state index is 0.0758. The molecule has 1 heterocycles. The van der Waals surface area contributed by atoms with Gasteiger partial charge in [0.05, 0.1) is 5.02 Å². The Labute approximate surface area is 109 Å². The zero-order valence-corrected chi connectivity index (χ0v) is 10.3. The molecule has 1 aromatic heterocycles. The second-order valence-corrected chi connectivity index (χ2v) is 4.19. The molecular formula is C13H9ClFN3. The number of pyridine rings is 1. The van der Waals surface area contributed by atoms with E-state index in [0.29, 0.717) is 11.3 Å². The van der Waals surface area contributed by atoms with Crippen molar-refractivity contribution in [2.75, 3.05) is 5.73 Å². The van der Waals surface area contributed by atoms with Crippen LogP contribution in [0.5, 0.6) is 0 Å². The second-order valence-electron chi connectivity index (χ2n) is 3.78. The molecule has 2 rings (SSSR count). The summed E-state index contributed by atoms with van der Waals surface area (Å²) >= 11 is 5.99. The van der Waals surface area contributed by atoms with Gasteiger partial charge in [0.2, 0.25) is 0 Å². The molecule has 0 saturated heterocycles. The standard InChI is InChI=1S/C13H9ClFN3/c1-7-5-8(9(6-16)13(17)18-7)12-10(14)3-2-4-11(12)15/h2-5H,1H3,(H2,17,18). The average molecular weight is 262 g/mol. The predicted molar refractivity (Wildman–Crippen MR) is 68.5 cm³/mol. The van der Waals surface area contributed by atoms with Gasteiger partial charge in [-0.15, -0.1) is 0 Å². The topological polar surface area (TPSA) is 62.7 Å². The first-order valence-corrected chi connectivity index (χ1v) is 5.54. The molecule has 0 spiro atoms. The number of aryl methyl sites for hydroxylation is 1. The molecule has 0 aliphatic heterocycles.